The molecule has 0 saturated carbocycles. The number of benzene rings is 1. The van der Waals surface area contributed by atoms with Gasteiger partial charge in [0.15, 0.2) is 5.13 Å². The summed E-state index contributed by atoms with van der Waals surface area (Å²) in [4.78, 5) is 27.8. The molecule has 0 unspecified atom stereocenters. The number of hydrogen-bond donors (Lipinski definition) is 3. The molecule has 12 heteroatoms. The van der Waals surface area contributed by atoms with Crippen molar-refractivity contribution >= 4 is 61.0 Å². The van der Waals surface area contributed by atoms with Gasteiger partial charge in [-0.2, -0.15) is 0 Å². The van der Waals surface area contributed by atoms with Gasteiger partial charge in [-0.1, -0.05) is 6.07 Å². The van der Waals surface area contributed by atoms with Crippen LogP contribution in [0.4, 0.5) is 16.5 Å². The van der Waals surface area contributed by atoms with Crippen LogP contribution in [0.15, 0.2) is 45.3 Å². The maximum Gasteiger partial charge on any atom is 0.275 e. The van der Waals surface area contributed by atoms with Crippen molar-refractivity contribution in [3.05, 3.63) is 46.8 Å². The Balaban J connectivity index is 1.76. The molecule has 3 rings (SSSR count). The summed E-state index contributed by atoms with van der Waals surface area (Å²) in [6.45, 7) is 1.37. The van der Waals surface area contributed by atoms with Gasteiger partial charge < -0.3 is 15.4 Å². The van der Waals surface area contributed by atoms with Crippen LogP contribution in [0.2, 0.25) is 0 Å². The third-order valence-corrected chi connectivity index (χ3v) is 7.11. The van der Waals surface area contributed by atoms with E-state index < -0.39 is 15.9 Å². The zero-order valence-electron chi connectivity index (χ0n) is 15.3. The Morgan fingerprint density at radius 2 is 1.93 bits per heavy atom. The fourth-order valence-corrected chi connectivity index (χ4v) is 5.22. The van der Waals surface area contributed by atoms with Gasteiger partial charge >= 0.3 is 0 Å². The van der Waals surface area contributed by atoms with Crippen molar-refractivity contribution in [1.82, 2.24) is 4.98 Å². The smallest absolute Gasteiger partial charge is 0.275 e. The number of thiophene rings is 1. The molecule has 0 aliphatic rings. The maximum absolute atomic E-state index is 12.5. The second-order valence-electron chi connectivity index (χ2n) is 5.63. The molecule has 0 atom stereocenters. The summed E-state index contributed by atoms with van der Waals surface area (Å²) >= 11 is 2.07. The average molecular weight is 453 g/mol. The lowest BCUT2D eigenvalue weighted by atomic mass is 10.2. The Morgan fingerprint density at radius 1 is 1.14 bits per heavy atom. The van der Waals surface area contributed by atoms with Crippen LogP contribution in [0, 0.1) is 0 Å². The van der Waals surface area contributed by atoms with Gasteiger partial charge in [-0.05, 0) is 29.6 Å². The zero-order valence-corrected chi connectivity index (χ0v) is 17.7. The van der Waals surface area contributed by atoms with Crippen LogP contribution in [0.5, 0.6) is 5.75 Å². The minimum absolute atomic E-state index is 0.0332. The van der Waals surface area contributed by atoms with E-state index in [1.54, 1.807) is 29.6 Å². The number of nitrogens with zero attached hydrogens (tertiary/aromatic N) is 1. The van der Waals surface area contributed by atoms with Crippen molar-refractivity contribution in [2.24, 2.45) is 0 Å². The molecule has 2 heterocycles. The average Bonchev–Trinajstić information content (AvgIpc) is 3.33. The highest BCUT2D eigenvalue weighted by Crippen LogP contribution is 2.29. The lowest BCUT2D eigenvalue weighted by Crippen LogP contribution is -2.15. The Kier molecular flexibility index (Phi) is 6.15. The fraction of sp³-hybridized carbons (Fsp3) is 0.118. The number of rotatable bonds is 7. The molecule has 3 aromatic rings. The number of carbonyl (C=O) groups is 2. The van der Waals surface area contributed by atoms with Gasteiger partial charge in [0.1, 0.15) is 15.7 Å². The van der Waals surface area contributed by atoms with Gasteiger partial charge in [0.25, 0.3) is 15.9 Å². The topological polar surface area (TPSA) is 126 Å². The number of carbonyl (C=O) groups excluding carboxylic acids is 2. The molecule has 3 N–H and O–H groups in total. The molecule has 0 aliphatic heterocycles. The molecule has 2 aromatic heterocycles. The first-order valence-electron chi connectivity index (χ1n) is 8.07. The third kappa shape index (κ3) is 5.10. The van der Waals surface area contributed by atoms with Crippen LogP contribution < -0.4 is 20.1 Å². The summed E-state index contributed by atoms with van der Waals surface area (Å²) in [5.74, 6) is -0.419. The van der Waals surface area contributed by atoms with E-state index in [4.69, 9.17) is 4.74 Å². The van der Waals surface area contributed by atoms with E-state index in [1.165, 1.54) is 25.5 Å². The lowest BCUT2D eigenvalue weighted by molar-refractivity contribution is -0.114. The van der Waals surface area contributed by atoms with Crippen molar-refractivity contribution < 1.29 is 22.7 Å². The van der Waals surface area contributed by atoms with E-state index in [0.29, 0.717) is 17.1 Å². The second-order valence-corrected chi connectivity index (χ2v) is 9.34. The van der Waals surface area contributed by atoms with Crippen LogP contribution in [-0.2, 0) is 14.8 Å². The van der Waals surface area contributed by atoms with Crippen molar-refractivity contribution in [2.75, 3.05) is 22.5 Å². The highest BCUT2D eigenvalue weighted by Gasteiger charge is 2.19. The van der Waals surface area contributed by atoms with Crippen molar-refractivity contribution in [2.45, 2.75) is 11.1 Å². The van der Waals surface area contributed by atoms with Crippen LogP contribution in [-0.4, -0.2) is 32.3 Å². The number of aromatic nitrogens is 1. The number of thiazole rings is 1. The van der Waals surface area contributed by atoms with E-state index >= 15 is 0 Å². The lowest BCUT2D eigenvalue weighted by Gasteiger charge is -2.11. The largest absolute Gasteiger partial charge is 0.495 e. The maximum atomic E-state index is 12.5. The van der Waals surface area contributed by atoms with E-state index in [0.717, 1.165) is 22.7 Å². The van der Waals surface area contributed by atoms with Gasteiger partial charge in [-0.15, -0.1) is 22.7 Å². The molecular formula is C17H16N4O5S3. The van der Waals surface area contributed by atoms with Gasteiger partial charge in [-0.3, -0.25) is 14.3 Å². The Bertz CT molecular complexity index is 1140. The van der Waals surface area contributed by atoms with Crippen LogP contribution >= 0.6 is 22.7 Å². The summed E-state index contributed by atoms with van der Waals surface area (Å²) in [6, 6.07) is 7.88. The minimum Gasteiger partial charge on any atom is -0.495 e. The first-order valence-corrected chi connectivity index (χ1v) is 11.3. The number of anilines is 3. The molecule has 0 saturated heterocycles. The van der Waals surface area contributed by atoms with Crippen molar-refractivity contribution in [3.63, 3.8) is 0 Å². The molecule has 0 radical (unpaired) electrons. The molecule has 29 heavy (non-hydrogen) atoms. The van der Waals surface area contributed by atoms with E-state index in [-0.39, 0.29) is 20.9 Å². The summed E-state index contributed by atoms with van der Waals surface area (Å²) in [5.41, 5.74) is 0.847. The third-order valence-electron chi connectivity index (χ3n) is 3.49. The van der Waals surface area contributed by atoms with Gasteiger partial charge in [0, 0.05) is 18.0 Å². The number of nitrogens with one attached hydrogen (secondary N) is 3. The SMILES string of the molecule is COc1ccc(NC(C)=O)cc1NC(=O)c1csc(NS(=O)(=O)c2cccs2)n1. The number of hydrogen-bond acceptors (Lipinski definition) is 8. The molecule has 9 nitrogen and oxygen atoms in total. The summed E-state index contributed by atoms with van der Waals surface area (Å²) in [6.07, 6.45) is 0. The first-order chi connectivity index (χ1) is 13.8. The Labute approximate surface area is 174 Å². The van der Waals surface area contributed by atoms with Crippen LogP contribution in [0.1, 0.15) is 17.4 Å². The molecule has 0 spiro atoms. The highest BCUT2D eigenvalue weighted by molar-refractivity contribution is 7.94. The minimum atomic E-state index is -3.74. The second kappa shape index (κ2) is 8.59. The fourth-order valence-electron chi connectivity index (χ4n) is 2.28. The standard InChI is InChI=1S/C17H16N4O5S3/c1-10(22)18-11-5-6-14(26-2)12(8-11)19-16(23)13-9-28-17(20-13)21-29(24,25)15-4-3-7-27-15/h3-9H,1-2H3,(H,18,22)(H,19,23)(H,20,21). The molecule has 152 valence electrons. The van der Waals surface area contributed by atoms with Crippen LogP contribution in [0.25, 0.3) is 0 Å². The van der Waals surface area contributed by atoms with E-state index in [2.05, 4.69) is 20.3 Å². The molecule has 0 fully saturated rings. The number of sulfonamides is 1. The first kappa shape index (κ1) is 20.8. The van der Waals surface area contributed by atoms with E-state index in [9.17, 15) is 18.0 Å². The van der Waals surface area contributed by atoms with Gasteiger partial charge in [-0.25, -0.2) is 13.4 Å². The predicted molar refractivity (Wildman–Crippen MR) is 112 cm³/mol. The monoisotopic (exact) mass is 452 g/mol. The summed E-state index contributed by atoms with van der Waals surface area (Å²) in [5, 5.41) is 8.43. The molecule has 2 amide bonds. The predicted octanol–water partition coefficient (Wildman–Crippen LogP) is 3.22. The van der Waals surface area contributed by atoms with Crippen molar-refractivity contribution in [3.8, 4) is 5.75 Å². The van der Waals surface area contributed by atoms with Crippen molar-refractivity contribution in [1.29, 1.82) is 0 Å². The van der Waals surface area contributed by atoms with E-state index in [1.807, 2.05) is 0 Å². The number of amides is 2. The molecule has 0 aliphatic carbocycles. The quantitative estimate of drug-likeness (QED) is 0.505. The van der Waals surface area contributed by atoms with Gasteiger partial charge in [0.2, 0.25) is 5.91 Å². The normalized spacial score (nSPS) is 11.0. The number of ether oxygens (including phenoxy) is 1. The Hall–Kier alpha value is -2.96. The highest BCUT2D eigenvalue weighted by atomic mass is 32.2. The Morgan fingerprint density at radius 3 is 2.59 bits per heavy atom. The number of methoxy groups -OCH3 is 1. The summed E-state index contributed by atoms with van der Waals surface area (Å²) < 4.78 is 32.2. The summed E-state index contributed by atoms with van der Waals surface area (Å²) in [7, 11) is -2.30. The van der Waals surface area contributed by atoms with Crippen LogP contribution in [0.3, 0.4) is 0 Å². The zero-order chi connectivity index (χ0) is 21.0. The molecular weight excluding hydrogens is 436 g/mol. The molecule has 0 bridgehead atoms. The van der Waals surface area contributed by atoms with Gasteiger partial charge in [0.05, 0.1) is 12.8 Å². The molecule has 1 aromatic carbocycles.